The van der Waals surface area contributed by atoms with Crippen LogP contribution >= 0.6 is 0 Å². The number of hydrogen-bond acceptors (Lipinski definition) is 8. The Morgan fingerprint density at radius 1 is 1.12 bits per heavy atom. The number of carbonyl (C=O) groups is 2. The Morgan fingerprint density at radius 3 is 2.52 bits per heavy atom. The maximum atomic E-state index is 12.6. The fourth-order valence-corrected chi connectivity index (χ4v) is 3.39. The summed E-state index contributed by atoms with van der Waals surface area (Å²) in [5.74, 6) is 0.0508. The Morgan fingerprint density at radius 2 is 1.85 bits per heavy atom. The molecule has 0 saturated carbocycles. The predicted molar refractivity (Wildman–Crippen MR) is 118 cm³/mol. The molecule has 1 aliphatic heterocycles. The Labute approximate surface area is 190 Å². The lowest BCUT2D eigenvalue weighted by Gasteiger charge is -2.24. The van der Waals surface area contributed by atoms with Crippen molar-refractivity contribution in [1.29, 1.82) is 0 Å². The van der Waals surface area contributed by atoms with Crippen molar-refractivity contribution in [1.82, 2.24) is 5.32 Å². The highest BCUT2D eigenvalue weighted by molar-refractivity contribution is 5.90. The quantitative estimate of drug-likeness (QED) is 0.362. The van der Waals surface area contributed by atoms with E-state index in [1.165, 1.54) is 19.2 Å². The molecule has 0 aromatic heterocycles. The number of methoxy groups -OCH3 is 1. The molecule has 0 aliphatic carbocycles. The third-order valence-electron chi connectivity index (χ3n) is 5.05. The van der Waals surface area contributed by atoms with Crippen LogP contribution in [0.2, 0.25) is 0 Å². The van der Waals surface area contributed by atoms with Crippen molar-refractivity contribution in [3.63, 3.8) is 0 Å². The lowest BCUT2D eigenvalue weighted by molar-refractivity contribution is -0.385. The lowest BCUT2D eigenvalue weighted by atomic mass is 9.95. The number of nitrogens with zero attached hydrogens (tertiary/aromatic N) is 1. The smallest absolute Gasteiger partial charge is 0.338 e. The van der Waals surface area contributed by atoms with Crippen molar-refractivity contribution in [2.45, 2.75) is 26.3 Å². The highest BCUT2D eigenvalue weighted by atomic mass is 16.6. The number of benzene rings is 2. The summed E-state index contributed by atoms with van der Waals surface area (Å²) in [7, 11) is 1.18. The number of fused-ring (bicyclic) bond motifs is 1. The van der Waals surface area contributed by atoms with Crippen LogP contribution in [0.1, 0.15) is 42.2 Å². The van der Waals surface area contributed by atoms with Gasteiger partial charge < -0.3 is 24.3 Å². The molecular formula is C23H26N2O8. The van der Waals surface area contributed by atoms with Gasteiger partial charge in [0, 0.05) is 12.5 Å². The molecule has 0 saturated heterocycles. The van der Waals surface area contributed by atoms with Crippen LogP contribution in [-0.4, -0.2) is 43.7 Å². The molecule has 10 nitrogen and oxygen atoms in total. The van der Waals surface area contributed by atoms with E-state index in [2.05, 4.69) is 10.1 Å². The van der Waals surface area contributed by atoms with E-state index in [-0.39, 0.29) is 23.3 Å². The molecule has 1 heterocycles. The largest absolute Gasteiger partial charge is 0.490 e. The van der Waals surface area contributed by atoms with Gasteiger partial charge in [-0.3, -0.25) is 14.9 Å². The molecule has 0 bridgehead atoms. The maximum Gasteiger partial charge on any atom is 0.338 e. The van der Waals surface area contributed by atoms with Crippen molar-refractivity contribution < 1.29 is 33.5 Å². The second kappa shape index (κ2) is 10.7. The number of ether oxygens (including phenoxy) is 4. The van der Waals surface area contributed by atoms with Gasteiger partial charge in [-0.1, -0.05) is 19.9 Å². The zero-order chi connectivity index (χ0) is 24.0. The van der Waals surface area contributed by atoms with E-state index >= 15 is 0 Å². The lowest BCUT2D eigenvalue weighted by Crippen LogP contribution is -2.35. The molecule has 2 aromatic carbocycles. The second-order valence-electron chi connectivity index (χ2n) is 7.77. The van der Waals surface area contributed by atoms with Crippen molar-refractivity contribution >= 4 is 17.6 Å². The molecule has 10 heteroatoms. The Balaban J connectivity index is 1.71. The van der Waals surface area contributed by atoms with Crippen molar-refractivity contribution in [3.05, 3.63) is 57.6 Å². The number of hydrogen-bond donors (Lipinski definition) is 1. The predicted octanol–water partition coefficient (Wildman–Crippen LogP) is 3.44. The fraction of sp³-hybridized carbons (Fsp3) is 0.391. The highest BCUT2D eigenvalue weighted by Crippen LogP contribution is 2.34. The summed E-state index contributed by atoms with van der Waals surface area (Å²) in [4.78, 5) is 34.9. The summed E-state index contributed by atoms with van der Waals surface area (Å²) in [5, 5.41) is 14.3. The van der Waals surface area contributed by atoms with E-state index in [1.54, 1.807) is 0 Å². The van der Waals surface area contributed by atoms with Crippen molar-refractivity contribution in [2.24, 2.45) is 5.92 Å². The van der Waals surface area contributed by atoms with Gasteiger partial charge in [0.2, 0.25) is 0 Å². The number of nitrogens with one attached hydrogen (secondary N) is 1. The number of nitro benzene ring substituents is 1. The van der Waals surface area contributed by atoms with Crippen LogP contribution in [0.15, 0.2) is 36.4 Å². The molecule has 1 amide bonds. The van der Waals surface area contributed by atoms with Crippen LogP contribution in [0.25, 0.3) is 0 Å². The second-order valence-corrected chi connectivity index (χ2v) is 7.77. The van der Waals surface area contributed by atoms with Gasteiger partial charge in [-0.2, -0.15) is 0 Å². The first-order chi connectivity index (χ1) is 15.8. The van der Waals surface area contributed by atoms with E-state index in [0.29, 0.717) is 24.7 Å². The first-order valence-corrected chi connectivity index (χ1v) is 10.5. The number of amides is 1. The van der Waals surface area contributed by atoms with Gasteiger partial charge in [0.15, 0.2) is 23.9 Å². The summed E-state index contributed by atoms with van der Waals surface area (Å²) in [5.41, 5.74) is 0.417. The zero-order valence-electron chi connectivity index (χ0n) is 18.7. The SMILES string of the molecule is COC(=O)c1ccc(OCC(=O)NC(c2ccc3c(c2)OCCCO3)C(C)C)c([N+](=O)[O-])c1. The minimum atomic E-state index is -0.711. The maximum absolute atomic E-state index is 12.6. The van der Waals surface area contributed by atoms with Crippen LogP contribution in [-0.2, 0) is 9.53 Å². The molecule has 3 rings (SSSR count). The van der Waals surface area contributed by atoms with Crippen LogP contribution in [0.3, 0.4) is 0 Å². The third-order valence-corrected chi connectivity index (χ3v) is 5.05. The summed E-state index contributed by atoms with van der Waals surface area (Å²) in [6, 6.07) is 8.85. The van der Waals surface area contributed by atoms with E-state index in [9.17, 15) is 19.7 Å². The Bertz CT molecular complexity index is 1040. The summed E-state index contributed by atoms with van der Waals surface area (Å²) >= 11 is 0. The third kappa shape index (κ3) is 5.91. The van der Waals surface area contributed by atoms with Crippen LogP contribution < -0.4 is 19.5 Å². The van der Waals surface area contributed by atoms with Crippen LogP contribution in [0.4, 0.5) is 5.69 Å². The van der Waals surface area contributed by atoms with Gasteiger partial charge in [0.1, 0.15) is 0 Å². The normalized spacial score (nSPS) is 13.6. The number of esters is 1. The molecule has 33 heavy (non-hydrogen) atoms. The highest BCUT2D eigenvalue weighted by Gasteiger charge is 2.23. The Kier molecular flexibility index (Phi) is 7.70. The fourth-order valence-electron chi connectivity index (χ4n) is 3.39. The van der Waals surface area contributed by atoms with Crippen LogP contribution in [0, 0.1) is 16.0 Å². The van der Waals surface area contributed by atoms with Gasteiger partial charge in [0.05, 0.1) is 36.9 Å². The van der Waals surface area contributed by atoms with Crippen molar-refractivity contribution in [3.8, 4) is 17.2 Å². The molecule has 176 valence electrons. The topological polar surface area (TPSA) is 126 Å². The van der Waals surface area contributed by atoms with Crippen molar-refractivity contribution in [2.75, 3.05) is 26.9 Å². The van der Waals surface area contributed by atoms with Gasteiger partial charge in [-0.15, -0.1) is 0 Å². The molecule has 0 fully saturated rings. The minimum absolute atomic E-state index is 0.00952. The van der Waals surface area contributed by atoms with Gasteiger partial charge in [-0.05, 0) is 35.7 Å². The number of nitro groups is 1. The molecule has 1 atom stereocenters. The van der Waals surface area contributed by atoms with Crippen LogP contribution in [0.5, 0.6) is 17.2 Å². The number of rotatable bonds is 8. The van der Waals surface area contributed by atoms with E-state index in [0.717, 1.165) is 18.1 Å². The minimum Gasteiger partial charge on any atom is -0.490 e. The molecule has 2 aromatic rings. The summed E-state index contributed by atoms with van der Waals surface area (Å²) in [6.07, 6.45) is 0.790. The van der Waals surface area contributed by atoms with E-state index in [1.807, 2.05) is 32.0 Å². The van der Waals surface area contributed by atoms with Gasteiger partial charge in [-0.25, -0.2) is 4.79 Å². The van der Waals surface area contributed by atoms with E-state index in [4.69, 9.17) is 14.2 Å². The average Bonchev–Trinajstić information content (AvgIpc) is 3.05. The van der Waals surface area contributed by atoms with E-state index < -0.39 is 29.1 Å². The monoisotopic (exact) mass is 458 g/mol. The molecule has 0 spiro atoms. The molecular weight excluding hydrogens is 432 g/mol. The first-order valence-electron chi connectivity index (χ1n) is 10.5. The average molecular weight is 458 g/mol. The zero-order valence-corrected chi connectivity index (χ0v) is 18.7. The molecule has 1 aliphatic rings. The standard InChI is InChI=1S/C23H26N2O8/c1-14(2)22(15-5-8-19-20(12-15)32-10-4-9-31-19)24-21(26)13-33-18-7-6-16(23(27)30-3)11-17(18)25(28)29/h5-8,11-12,14,22H,4,9-10,13H2,1-3H3,(H,24,26). The summed E-state index contributed by atoms with van der Waals surface area (Å²) < 4.78 is 21.4. The van der Waals surface area contributed by atoms with Gasteiger partial charge in [0.25, 0.3) is 5.91 Å². The first kappa shape index (κ1) is 23.8. The number of carbonyl (C=O) groups excluding carboxylic acids is 2. The summed E-state index contributed by atoms with van der Waals surface area (Å²) in [6.45, 7) is 4.62. The molecule has 1 N–H and O–H groups in total. The Hall–Kier alpha value is -3.82. The molecule has 1 unspecified atom stereocenters. The van der Waals surface area contributed by atoms with Gasteiger partial charge >= 0.3 is 11.7 Å². The molecule has 0 radical (unpaired) electrons.